The number of halogens is 1. The molecule has 0 rings (SSSR count). The normalized spacial score (nSPS) is 7.00. The molecule has 0 saturated carbocycles. The molecule has 0 aromatic rings. The summed E-state index contributed by atoms with van der Waals surface area (Å²) in [6.07, 6.45) is 5.47. The summed E-state index contributed by atoms with van der Waals surface area (Å²) in [5, 5.41) is 8.06. The van der Waals surface area contributed by atoms with Crippen LogP contribution < -0.4 is 0 Å². The third kappa shape index (κ3) is 51.1. The molecule has 0 saturated heterocycles. The Kier molecular flexibility index (Phi) is 45.6. The number of carboxylic acid groups (broad SMARTS) is 1. The van der Waals surface area contributed by atoms with Crippen molar-refractivity contribution in [3.05, 3.63) is 0 Å². The SMILES string of the molecule is CC.CCCCCCBr.O=CO. The average Bonchev–Trinajstić information content (AvgIpc) is 2.11. The molecule has 0 aliphatic heterocycles. The summed E-state index contributed by atoms with van der Waals surface area (Å²) in [7, 11) is 0. The van der Waals surface area contributed by atoms with Gasteiger partial charge in [-0.25, -0.2) is 0 Å². The predicted octanol–water partition coefficient (Wildman–Crippen LogP) is 3.69. The van der Waals surface area contributed by atoms with E-state index in [1.165, 1.54) is 31.0 Å². The highest BCUT2D eigenvalue weighted by Gasteiger charge is 1.81. The minimum Gasteiger partial charge on any atom is -0.483 e. The summed E-state index contributed by atoms with van der Waals surface area (Å²) in [4.78, 5) is 8.36. The molecule has 12 heavy (non-hydrogen) atoms. The van der Waals surface area contributed by atoms with Gasteiger partial charge in [-0.15, -0.1) is 0 Å². The van der Waals surface area contributed by atoms with Gasteiger partial charge in [0.05, 0.1) is 0 Å². The first-order valence-corrected chi connectivity index (χ1v) is 5.59. The van der Waals surface area contributed by atoms with Crippen molar-refractivity contribution in [3.63, 3.8) is 0 Å². The molecule has 0 aromatic carbocycles. The summed E-state index contributed by atoms with van der Waals surface area (Å²) in [6, 6.07) is 0. The van der Waals surface area contributed by atoms with Gasteiger partial charge in [-0.2, -0.15) is 0 Å². The molecule has 0 radical (unpaired) electrons. The molecular formula is C9H21BrO2. The van der Waals surface area contributed by atoms with Gasteiger partial charge in [-0.1, -0.05) is 56.0 Å². The minimum absolute atomic E-state index is 0.250. The zero-order valence-corrected chi connectivity index (χ0v) is 9.93. The standard InChI is InChI=1S/C6H13Br.C2H6.CH2O2/c1-2-3-4-5-6-7;1-2;2-1-3/h2-6H2,1H3;1-2H3;1H,(H,2,3). The molecule has 0 aliphatic carbocycles. The first-order valence-electron chi connectivity index (χ1n) is 4.47. The zero-order chi connectivity index (χ0) is 10.2. The second-order valence-electron chi connectivity index (χ2n) is 1.86. The van der Waals surface area contributed by atoms with Gasteiger partial charge in [0, 0.05) is 5.33 Å². The first kappa shape index (κ1) is 17.9. The van der Waals surface area contributed by atoms with Crippen molar-refractivity contribution >= 4 is 22.4 Å². The lowest BCUT2D eigenvalue weighted by molar-refractivity contribution is -0.122. The Morgan fingerprint density at radius 2 is 1.67 bits per heavy atom. The van der Waals surface area contributed by atoms with Gasteiger partial charge in [0.1, 0.15) is 0 Å². The second kappa shape index (κ2) is 30.6. The highest BCUT2D eigenvalue weighted by atomic mass is 79.9. The molecule has 0 aliphatic rings. The van der Waals surface area contributed by atoms with Crippen LogP contribution in [0.2, 0.25) is 0 Å². The molecule has 0 fully saturated rings. The molecule has 76 valence electrons. The van der Waals surface area contributed by atoms with E-state index in [4.69, 9.17) is 9.90 Å². The Hall–Kier alpha value is -0.0500. The predicted molar refractivity (Wildman–Crippen MR) is 58.0 cm³/mol. The highest BCUT2D eigenvalue weighted by molar-refractivity contribution is 9.09. The zero-order valence-electron chi connectivity index (χ0n) is 8.35. The van der Waals surface area contributed by atoms with Gasteiger partial charge in [0.15, 0.2) is 0 Å². The summed E-state index contributed by atoms with van der Waals surface area (Å²) >= 11 is 3.38. The molecule has 0 amide bonds. The van der Waals surface area contributed by atoms with Crippen LogP contribution in [0.4, 0.5) is 0 Å². The molecule has 2 nitrogen and oxygen atoms in total. The fraction of sp³-hybridized carbons (Fsp3) is 0.889. The van der Waals surface area contributed by atoms with E-state index in [0.717, 1.165) is 0 Å². The van der Waals surface area contributed by atoms with Gasteiger partial charge < -0.3 is 5.11 Å². The lowest BCUT2D eigenvalue weighted by Gasteiger charge is -1.89. The van der Waals surface area contributed by atoms with Crippen LogP contribution in [-0.2, 0) is 4.79 Å². The van der Waals surface area contributed by atoms with Gasteiger partial charge in [0.2, 0.25) is 0 Å². The molecular weight excluding hydrogens is 220 g/mol. The topological polar surface area (TPSA) is 37.3 Å². The van der Waals surface area contributed by atoms with Crippen LogP contribution in [0.1, 0.15) is 46.5 Å². The Labute approximate surface area is 84.5 Å². The molecule has 0 atom stereocenters. The van der Waals surface area contributed by atoms with E-state index in [0.29, 0.717) is 0 Å². The van der Waals surface area contributed by atoms with E-state index in [-0.39, 0.29) is 6.47 Å². The van der Waals surface area contributed by atoms with Crippen LogP contribution in [-0.4, -0.2) is 16.9 Å². The fourth-order valence-electron chi connectivity index (χ4n) is 0.521. The maximum Gasteiger partial charge on any atom is 0.290 e. The van der Waals surface area contributed by atoms with Gasteiger partial charge in [-0.05, 0) is 6.42 Å². The lowest BCUT2D eigenvalue weighted by Crippen LogP contribution is -1.73. The molecule has 0 aromatic heterocycles. The summed E-state index contributed by atoms with van der Waals surface area (Å²) < 4.78 is 0. The third-order valence-corrected chi connectivity index (χ3v) is 1.55. The average molecular weight is 241 g/mol. The van der Waals surface area contributed by atoms with E-state index < -0.39 is 0 Å². The first-order chi connectivity index (χ1) is 5.83. The highest BCUT2D eigenvalue weighted by Crippen LogP contribution is 1.99. The summed E-state index contributed by atoms with van der Waals surface area (Å²) in [5.74, 6) is 0. The van der Waals surface area contributed by atoms with E-state index in [1.807, 2.05) is 13.8 Å². The van der Waals surface area contributed by atoms with Crippen molar-refractivity contribution in [2.24, 2.45) is 0 Å². The second-order valence-corrected chi connectivity index (χ2v) is 2.65. The Bertz CT molecular complexity index is 54.5. The van der Waals surface area contributed by atoms with Crippen LogP contribution in [0.25, 0.3) is 0 Å². The molecule has 0 spiro atoms. The van der Waals surface area contributed by atoms with Crippen molar-refractivity contribution in [1.82, 2.24) is 0 Å². The summed E-state index contributed by atoms with van der Waals surface area (Å²) in [6.45, 7) is 5.98. The van der Waals surface area contributed by atoms with E-state index in [9.17, 15) is 0 Å². The molecule has 0 bridgehead atoms. The van der Waals surface area contributed by atoms with Crippen LogP contribution in [0.15, 0.2) is 0 Å². The van der Waals surface area contributed by atoms with Crippen molar-refractivity contribution < 1.29 is 9.90 Å². The largest absolute Gasteiger partial charge is 0.483 e. The maximum absolute atomic E-state index is 8.36. The number of hydrogen-bond acceptors (Lipinski definition) is 1. The quantitative estimate of drug-likeness (QED) is 0.463. The third-order valence-electron chi connectivity index (χ3n) is 0.987. The van der Waals surface area contributed by atoms with Gasteiger partial charge >= 0.3 is 0 Å². The van der Waals surface area contributed by atoms with E-state index >= 15 is 0 Å². The number of unbranched alkanes of at least 4 members (excludes halogenated alkanes) is 3. The Balaban J connectivity index is -0.000000137. The lowest BCUT2D eigenvalue weighted by atomic mass is 10.2. The van der Waals surface area contributed by atoms with Crippen molar-refractivity contribution in [2.45, 2.75) is 46.5 Å². The van der Waals surface area contributed by atoms with Crippen LogP contribution >= 0.6 is 15.9 Å². The Morgan fingerprint density at radius 3 is 1.92 bits per heavy atom. The van der Waals surface area contributed by atoms with Crippen LogP contribution in [0.3, 0.4) is 0 Å². The molecule has 1 N–H and O–H groups in total. The van der Waals surface area contributed by atoms with Crippen molar-refractivity contribution in [2.75, 3.05) is 5.33 Å². The molecule has 0 heterocycles. The number of carbonyl (C=O) groups is 1. The van der Waals surface area contributed by atoms with Crippen LogP contribution in [0.5, 0.6) is 0 Å². The van der Waals surface area contributed by atoms with E-state index in [2.05, 4.69) is 22.9 Å². The minimum atomic E-state index is -0.250. The van der Waals surface area contributed by atoms with Gasteiger partial charge in [0.25, 0.3) is 6.47 Å². The van der Waals surface area contributed by atoms with Gasteiger partial charge in [-0.3, -0.25) is 4.79 Å². The van der Waals surface area contributed by atoms with E-state index in [1.54, 1.807) is 0 Å². The van der Waals surface area contributed by atoms with Crippen molar-refractivity contribution in [3.8, 4) is 0 Å². The monoisotopic (exact) mass is 240 g/mol. The maximum atomic E-state index is 8.36. The number of rotatable bonds is 4. The van der Waals surface area contributed by atoms with Crippen LogP contribution in [0, 0.1) is 0 Å². The molecule has 0 unspecified atom stereocenters. The fourth-order valence-corrected chi connectivity index (χ4v) is 0.918. The summed E-state index contributed by atoms with van der Waals surface area (Å²) in [5.41, 5.74) is 0. The smallest absolute Gasteiger partial charge is 0.290 e. The van der Waals surface area contributed by atoms with Crippen molar-refractivity contribution in [1.29, 1.82) is 0 Å². The number of alkyl halides is 1. The Morgan fingerprint density at radius 1 is 1.25 bits per heavy atom. The molecule has 3 heteroatoms. The number of hydrogen-bond donors (Lipinski definition) is 1.